The van der Waals surface area contributed by atoms with Gasteiger partial charge in [-0.2, -0.15) is 4.31 Å². The van der Waals surface area contributed by atoms with Gasteiger partial charge in [0.1, 0.15) is 11.6 Å². The maximum Gasteiger partial charge on any atom is 0.243 e. The van der Waals surface area contributed by atoms with Gasteiger partial charge >= 0.3 is 0 Å². The molecule has 2 aromatic carbocycles. The summed E-state index contributed by atoms with van der Waals surface area (Å²) < 4.78 is 53.0. The number of benzene rings is 2. The SMILES string of the molecule is O=C(Cc1ccccc1F)N1CCN(S(=O)(=O)c2ccc(F)cc2)CC1. The molecule has 0 unspecified atom stereocenters. The van der Waals surface area contributed by atoms with Gasteiger partial charge in [-0.1, -0.05) is 18.2 Å². The third kappa shape index (κ3) is 3.91. The van der Waals surface area contributed by atoms with E-state index in [1.54, 1.807) is 18.2 Å². The second-order valence-corrected chi connectivity index (χ2v) is 7.94. The molecule has 1 amide bonds. The van der Waals surface area contributed by atoms with Crippen LogP contribution in [0.3, 0.4) is 0 Å². The molecule has 8 heteroatoms. The highest BCUT2D eigenvalue weighted by Crippen LogP contribution is 2.18. The predicted octanol–water partition coefficient (Wildman–Crippen LogP) is 2.04. The van der Waals surface area contributed by atoms with Crippen molar-refractivity contribution in [1.29, 1.82) is 0 Å². The quantitative estimate of drug-likeness (QED) is 0.816. The number of halogens is 2. The molecule has 1 aliphatic heterocycles. The highest BCUT2D eigenvalue weighted by atomic mass is 32.2. The minimum absolute atomic E-state index is 0.0185. The van der Waals surface area contributed by atoms with Gasteiger partial charge in [0.2, 0.25) is 15.9 Å². The van der Waals surface area contributed by atoms with E-state index < -0.39 is 21.7 Å². The van der Waals surface area contributed by atoms with Crippen molar-refractivity contribution in [1.82, 2.24) is 9.21 Å². The fourth-order valence-electron chi connectivity index (χ4n) is 2.85. The van der Waals surface area contributed by atoms with Crippen molar-refractivity contribution in [3.63, 3.8) is 0 Å². The van der Waals surface area contributed by atoms with Crippen LogP contribution >= 0.6 is 0 Å². The second kappa shape index (κ2) is 7.51. The van der Waals surface area contributed by atoms with E-state index >= 15 is 0 Å². The summed E-state index contributed by atoms with van der Waals surface area (Å²) in [5.41, 5.74) is 0.318. The average molecular weight is 380 g/mol. The number of carbonyl (C=O) groups excluding carboxylic acids is 1. The third-order valence-corrected chi connectivity index (χ3v) is 6.26. The molecule has 1 saturated heterocycles. The smallest absolute Gasteiger partial charge is 0.243 e. The Balaban J connectivity index is 1.62. The molecule has 0 aliphatic carbocycles. The molecule has 0 spiro atoms. The Morgan fingerprint density at radius 3 is 2.15 bits per heavy atom. The number of carbonyl (C=O) groups is 1. The summed E-state index contributed by atoms with van der Waals surface area (Å²) in [6, 6.07) is 10.7. The number of rotatable bonds is 4. The van der Waals surface area contributed by atoms with Crippen LogP contribution in [0.4, 0.5) is 8.78 Å². The summed E-state index contributed by atoms with van der Waals surface area (Å²) in [7, 11) is -3.72. The van der Waals surface area contributed by atoms with Gasteiger partial charge in [0.05, 0.1) is 11.3 Å². The van der Waals surface area contributed by atoms with Gasteiger partial charge in [-0.15, -0.1) is 0 Å². The largest absolute Gasteiger partial charge is 0.340 e. The van der Waals surface area contributed by atoms with Crippen molar-refractivity contribution in [2.24, 2.45) is 0 Å². The Kier molecular flexibility index (Phi) is 5.33. The van der Waals surface area contributed by atoms with Crippen molar-refractivity contribution in [3.8, 4) is 0 Å². The summed E-state index contributed by atoms with van der Waals surface area (Å²) in [6.45, 7) is 0.743. The van der Waals surface area contributed by atoms with E-state index in [4.69, 9.17) is 0 Å². The van der Waals surface area contributed by atoms with Crippen LogP contribution in [0.15, 0.2) is 53.4 Å². The van der Waals surface area contributed by atoms with E-state index in [1.807, 2.05) is 0 Å². The first-order valence-corrected chi connectivity index (χ1v) is 9.59. The number of hydrogen-bond donors (Lipinski definition) is 0. The van der Waals surface area contributed by atoms with Crippen molar-refractivity contribution in [2.75, 3.05) is 26.2 Å². The first-order valence-electron chi connectivity index (χ1n) is 8.15. The van der Waals surface area contributed by atoms with Gasteiger partial charge in [-0.05, 0) is 35.9 Å². The molecule has 0 aromatic heterocycles. The van der Waals surface area contributed by atoms with E-state index in [2.05, 4.69) is 0 Å². The number of hydrogen-bond acceptors (Lipinski definition) is 3. The number of sulfonamides is 1. The van der Waals surface area contributed by atoms with Gasteiger partial charge in [-0.3, -0.25) is 4.79 Å². The topological polar surface area (TPSA) is 57.7 Å². The Hall–Kier alpha value is -2.32. The molecular formula is C18H18F2N2O3S. The second-order valence-electron chi connectivity index (χ2n) is 6.01. The lowest BCUT2D eigenvalue weighted by Gasteiger charge is -2.34. The van der Waals surface area contributed by atoms with Crippen LogP contribution in [0.1, 0.15) is 5.56 Å². The molecule has 138 valence electrons. The van der Waals surface area contributed by atoms with Crippen molar-refractivity contribution in [3.05, 3.63) is 65.7 Å². The van der Waals surface area contributed by atoms with E-state index in [1.165, 1.54) is 27.4 Å². The van der Waals surface area contributed by atoms with Crippen LogP contribution in [0.2, 0.25) is 0 Å². The average Bonchev–Trinajstić information content (AvgIpc) is 2.64. The monoisotopic (exact) mass is 380 g/mol. The van der Waals surface area contributed by atoms with E-state index in [9.17, 15) is 22.0 Å². The van der Waals surface area contributed by atoms with E-state index in [-0.39, 0.29) is 43.4 Å². The first-order chi connectivity index (χ1) is 12.4. The molecule has 0 radical (unpaired) electrons. The van der Waals surface area contributed by atoms with Gasteiger partial charge < -0.3 is 4.90 Å². The first kappa shape index (κ1) is 18.5. The predicted molar refractivity (Wildman–Crippen MR) is 91.8 cm³/mol. The van der Waals surface area contributed by atoms with Crippen LogP contribution < -0.4 is 0 Å². The molecule has 0 saturated carbocycles. The summed E-state index contributed by atoms with van der Waals surface area (Å²) >= 11 is 0. The maximum absolute atomic E-state index is 13.7. The number of nitrogens with zero attached hydrogens (tertiary/aromatic N) is 2. The molecule has 2 aromatic rings. The highest BCUT2D eigenvalue weighted by Gasteiger charge is 2.30. The summed E-state index contributed by atoms with van der Waals surface area (Å²) in [4.78, 5) is 13.9. The lowest BCUT2D eigenvalue weighted by atomic mass is 10.1. The van der Waals surface area contributed by atoms with Crippen molar-refractivity contribution >= 4 is 15.9 Å². The fourth-order valence-corrected chi connectivity index (χ4v) is 4.27. The molecule has 1 heterocycles. The fraction of sp³-hybridized carbons (Fsp3) is 0.278. The molecule has 0 N–H and O–H groups in total. The lowest BCUT2D eigenvalue weighted by Crippen LogP contribution is -2.50. The van der Waals surface area contributed by atoms with Crippen LogP contribution in [-0.4, -0.2) is 49.7 Å². The zero-order chi connectivity index (χ0) is 18.7. The normalized spacial score (nSPS) is 15.8. The van der Waals surface area contributed by atoms with Crippen LogP contribution in [0, 0.1) is 11.6 Å². The number of piperazine rings is 1. The Bertz CT molecular complexity index is 893. The molecule has 0 atom stereocenters. The van der Waals surface area contributed by atoms with Crippen LogP contribution in [-0.2, 0) is 21.2 Å². The van der Waals surface area contributed by atoms with Crippen LogP contribution in [0.5, 0.6) is 0 Å². The summed E-state index contributed by atoms with van der Waals surface area (Å²) in [5, 5.41) is 0. The van der Waals surface area contributed by atoms with E-state index in [0.717, 1.165) is 12.1 Å². The third-order valence-electron chi connectivity index (χ3n) is 4.34. The Morgan fingerprint density at radius 2 is 1.54 bits per heavy atom. The highest BCUT2D eigenvalue weighted by molar-refractivity contribution is 7.89. The number of amides is 1. The Labute approximate surface area is 150 Å². The molecule has 1 aliphatic rings. The maximum atomic E-state index is 13.7. The van der Waals surface area contributed by atoms with Crippen molar-refractivity contribution in [2.45, 2.75) is 11.3 Å². The minimum atomic E-state index is -3.72. The zero-order valence-corrected chi connectivity index (χ0v) is 14.8. The molecule has 26 heavy (non-hydrogen) atoms. The van der Waals surface area contributed by atoms with Gasteiger partial charge in [0.25, 0.3) is 0 Å². The van der Waals surface area contributed by atoms with Crippen LogP contribution in [0.25, 0.3) is 0 Å². The molecular weight excluding hydrogens is 362 g/mol. The molecule has 5 nitrogen and oxygen atoms in total. The van der Waals surface area contributed by atoms with Gasteiger partial charge in [0, 0.05) is 26.2 Å². The molecule has 0 bridgehead atoms. The molecule has 3 rings (SSSR count). The zero-order valence-electron chi connectivity index (χ0n) is 13.9. The molecule has 1 fully saturated rings. The minimum Gasteiger partial charge on any atom is -0.340 e. The van der Waals surface area contributed by atoms with E-state index in [0.29, 0.717) is 5.56 Å². The summed E-state index contributed by atoms with van der Waals surface area (Å²) in [6.07, 6.45) is -0.0581. The van der Waals surface area contributed by atoms with Gasteiger partial charge in [0.15, 0.2) is 0 Å². The summed E-state index contributed by atoms with van der Waals surface area (Å²) in [5.74, 6) is -1.18. The van der Waals surface area contributed by atoms with Crippen molar-refractivity contribution < 1.29 is 22.0 Å². The van der Waals surface area contributed by atoms with Gasteiger partial charge in [-0.25, -0.2) is 17.2 Å². The Morgan fingerprint density at radius 1 is 0.923 bits per heavy atom. The lowest BCUT2D eigenvalue weighted by molar-refractivity contribution is -0.131. The standard InChI is InChI=1S/C18H18F2N2O3S/c19-15-5-7-16(8-6-15)26(24,25)22-11-9-21(10-12-22)18(23)13-14-3-1-2-4-17(14)20/h1-8H,9-13H2.